The highest BCUT2D eigenvalue weighted by Crippen LogP contribution is 2.19. The van der Waals surface area contributed by atoms with Crippen LogP contribution in [0.15, 0.2) is 48.7 Å². The molecule has 1 amide bonds. The Morgan fingerprint density at radius 3 is 2.60 bits per heavy atom. The molecule has 6 heteroatoms. The number of hydrogen-bond donors (Lipinski definition) is 2. The van der Waals surface area contributed by atoms with Crippen molar-refractivity contribution in [2.24, 2.45) is 0 Å². The smallest absolute Gasteiger partial charge is 0.224 e. The zero-order chi connectivity index (χ0) is 17.8. The number of carbonyl (C=O) groups is 1. The van der Waals surface area contributed by atoms with E-state index < -0.39 is 0 Å². The Morgan fingerprint density at radius 1 is 1.16 bits per heavy atom. The van der Waals surface area contributed by atoms with Crippen LogP contribution in [0.25, 0.3) is 5.82 Å². The number of amides is 1. The van der Waals surface area contributed by atoms with Crippen LogP contribution < -0.4 is 11.1 Å². The Labute approximate surface area is 146 Å². The summed E-state index contributed by atoms with van der Waals surface area (Å²) >= 11 is 0. The second kappa shape index (κ2) is 7.17. The summed E-state index contributed by atoms with van der Waals surface area (Å²) in [6.45, 7) is 3.96. The molecule has 3 aromatic rings. The van der Waals surface area contributed by atoms with Crippen molar-refractivity contribution >= 4 is 17.3 Å². The molecule has 0 atom stereocenters. The summed E-state index contributed by atoms with van der Waals surface area (Å²) in [7, 11) is 0. The number of pyridine rings is 1. The Bertz CT molecular complexity index is 869. The van der Waals surface area contributed by atoms with Crippen LogP contribution in [0.2, 0.25) is 0 Å². The third-order valence-electron chi connectivity index (χ3n) is 4.10. The maximum absolute atomic E-state index is 12.2. The molecule has 0 saturated heterocycles. The first-order valence-corrected chi connectivity index (χ1v) is 8.16. The topological polar surface area (TPSA) is 85.8 Å². The summed E-state index contributed by atoms with van der Waals surface area (Å²) in [5.74, 6) is 0.745. The summed E-state index contributed by atoms with van der Waals surface area (Å²) in [5, 5.41) is 7.44. The molecule has 0 bridgehead atoms. The quantitative estimate of drug-likeness (QED) is 0.702. The van der Waals surface area contributed by atoms with E-state index >= 15 is 0 Å². The maximum Gasteiger partial charge on any atom is 0.224 e. The van der Waals surface area contributed by atoms with Gasteiger partial charge in [-0.05, 0) is 62.2 Å². The number of nitrogens with two attached hydrogens (primary N) is 1. The highest BCUT2D eigenvalue weighted by Gasteiger charge is 2.14. The molecule has 0 spiro atoms. The average Bonchev–Trinajstić information content (AvgIpc) is 2.90. The first-order valence-electron chi connectivity index (χ1n) is 8.16. The minimum absolute atomic E-state index is 0.0332. The van der Waals surface area contributed by atoms with Gasteiger partial charge in [-0.2, -0.15) is 5.10 Å². The van der Waals surface area contributed by atoms with Crippen LogP contribution in [0.1, 0.15) is 23.4 Å². The normalized spacial score (nSPS) is 10.6. The monoisotopic (exact) mass is 335 g/mol. The van der Waals surface area contributed by atoms with Crippen LogP contribution in [-0.2, 0) is 11.2 Å². The Kier molecular flexibility index (Phi) is 4.79. The second-order valence-electron chi connectivity index (χ2n) is 5.92. The minimum atomic E-state index is -0.0332. The van der Waals surface area contributed by atoms with E-state index in [1.165, 1.54) is 0 Å². The first kappa shape index (κ1) is 16.7. The van der Waals surface area contributed by atoms with Crippen LogP contribution in [-0.4, -0.2) is 20.7 Å². The number of nitrogen functional groups attached to an aromatic ring is 1. The van der Waals surface area contributed by atoms with Crippen molar-refractivity contribution in [1.82, 2.24) is 14.8 Å². The molecule has 0 saturated carbocycles. The molecule has 2 aromatic heterocycles. The molecule has 0 aliphatic heterocycles. The molecule has 0 aliphatic rings. The third-order valence-corrected chi connectivity index (χ3v) is 4.10. The van der Waals surface area contributed by atoms with Gasteiger partial charge in [0.1, 0.15) is 0 Å². The fraction of sp³-hybridized carbons (Fsp3) is 0.211. The number of aryl methyl sites for hydroxylation is 1. The van der Waals surface area contributed by atoms with E-state index in [4.69, 9.17) is 5.73 Å². The molecular formula is C19H21N5O. The van der Waals surface area contributed by atoms with E-state index in [1.807, 2.05) is 36.7 Å². The van der Waals surface area contributed by atoms with E-state index in [0.717, 1.165) is 28.5 Å². The van der Waals surface area contributed by atoms with E-state index in [1.54, 1.807) is 30.5 Å². The number of carbonyl (C=O) groups excluding carboxylic acids is 1. The van der Waals surface area contributed by atoms with E-state index in [2.05, 4.69) is 15.4 Å². The zero-order valence-electron chi connectivity index (χ0n) is 14.4. The lowest BCUT2D eigenvalue weighted by Gasteiger charge is -2.06. The Morgan fingerprint density at radius 2 is 1.92 bits per heavy atom. The summed E-state index contributed by atoms with van der Waals surface area (Å²) in [4.78, 5) is 16.5. The fourth-order valence-corrected chi connectivity index (χ4v) is 2.77. The summed E-state index contributed by atoms with van der Waals surface area (Å²) in [5.41, 5.74) is 10.1. The van der Waals surface area contributed by atoms with Crippen molar-refractivity contribution in [3.05, 3.63) is 65.6 Å². The SMILES string of the molecule is Cc1nn(-c2ccccn2)c(C)c1CCC(=O)Nc1ccc(N)cc1. The second-order valence-corrected chi connectivity index (χ2v) is 5.92. The standard InChI is InChI=1S/C19H21N5O/c1-13-17(14(2)24(23-13)18-5-3-4-12-21-18)10-11-19(25)22-16-8-6-15(20)7-9-16/h3-9,12H,10-11,20H2,1-2H3,(H,22,25). The molecule has 3 N–H and O–H groups in total. The summed E-state index contributed by atoms with van der Waals surface area (Å²) < 4.78 is 1.82. The van der Waals surface area contributed by atoms with Crippen LogP contribution in [0, 0.1) is 13.8 Å². The van der Waals surface area contributed by atoms with Gasteiger partial charge in [0, 0.05) is 29.7 Å². The van der Waals surface area contributed by atoms with Gasteiger partial charge in [0.15, 0.2) is 5.82 Å². The lowest BCUT2D eigenvalue weighted by molar-refractivity contribution is -0.116. The van der Waals surface area contributed by atoms with E-state index in [0.29, 0.717) is 18.5 Å². The Balaban J connectivity index is 1.68. The van der Waals surface area contributed by atoms with Gasteiger partial charge in [0.25, 0.3) is 0 Å². The molecule has 0 fully saturated rings. The first-order chi connectivity index (χ1) is 12.0. The third kappa shape index (κ3) is 3.85. The molecule has 128 valence electrons. The predicted molar refractivity (Wildman–Crippen MR) is 98.6 cm³/mol. The average molecular weight is 335 g/mol. The summed E-state index contributed by atoms with van der Waals surface area (Å²) in [6.07, 6.45) is 2.76. The van der Waals surface area contributed by atoms with Gasteiger partial charge in [-0.25, -0.2) is 9.67 Å². The van der Waals surface area contributed by atoms with Crippen LogP contribution >= 0.6 is 0 Å². The highest BCUT2D eigenvalue weighted by atomic mass is 16.1. The van der Waals surface area contributed by atoms with Crippen molar-refractivity contribution < 1.29 is 4.79 Å². The van der Waals surface area contributed by atoms with E-state index in [-0.39, 0.29) is 5.91 Å². The van der Waals surface area contributed by atoms with Gasteiger partial charge >= 0.3 is 0 Å². The largest absolute Gasteiger partial charge is 0.399 e. The number of aromatic nitrogens is 3. The molecule has 25 heavy (non-hydrogen) atoms. The van der Waals surface area contributed by atoms with Crippen molar-refractivity contribution in [2.75, 3.05) is 11.1 Å². The van der Waals surface area contributed by atoms with Crippen molar-refractivity contribution in [1.29, 1.82) is 0 Å². The molecule has 3 rings (SSSR count). The highest BCUT2D eigenvalue weighted by molar-refractivity contribution is 5.91. The maximum atomic E-state index is 12.2. The minimum Gasteiger partial charge on any atom is -0.399 e. The Hall–Kier alpha value is -3.15. The molecule has 0 aliphatic carbocycles. The summed E-state index contributed by atoms with van der Waals surface area (Å²) in [6, 6.07) is 12.8. The van der Waals surface area contributed by atoms with Gasteiger partial charge < -0.3 is 11.1 Å². The van der Waals surface area contributed by atoms with Crippen LogP contribution in [0.3, 0.4) is 0 Å². The van der Waals surface area contributed by atoms with Gasteiger partial charge in [-0.15, -0.1) is 0 Å². The van der Waals surface area contributed by atoms with Gasteiger partial charge in [-0.3, -0.25) is 4.79 Å². The fourth-order valence-electron chi connectivity index (χ4n) is 2.77. The van der Waals surface area contributed by atoms with Gasteiger partial charge in [-0.1, -0.05) is 6.07 Å². The number of anilines is 2. The van der Waals surface area contributed by atoms with Gasteiger partial charge in [0.2, 0.25) is 5.91 Å². The molecular weight excluding hydrogens is 314 g/mol. The molecule has 2 heterocycles. The molecule has 0 unspecified atom stereocenters. The predicted octanol–water partition coefficient (Wildman–Crippen LogP) is 3.04. The van der Waals surface area contributed by atoms with Crippen molar-refractivity contribution in [2.45, 2.75) is 26.7 Å². The zero-order valence-corrected chi connectivity index (χ0v) is 14.4. The number of rotatable bonds is 5. The number of hydrogen-bond acceptors (Lipinski definition) is 4. The molecule has 1 aromatic carbocycles. The molecule has 0 radical (unpaired) electrons. The van der Waals surface area contributed by atoms with E-state index in [9.17, 15) is 4.79 Å². The lowest BCUT2D eigenvalue weighted by atomic mass is 10.1. The van der Waals surface area contributed by atoms with Crippen molar-refractivity contribution in [3.63, 3.8) is 0 Å². The number of nitrogens with zero attached hydrogens (tertiary/aromatic N) is 3. The van der Waals surface area contributed by atoms with Crippen molar-refractivity contribution in [3.8, 4) is 5.82 Å². The van der Waals surface area contributed by atoms with Crippen LogP contribution in [0.4, 0.5) is 11.4 Å². The van der Waals surface area contributed by atoms with Crippen LogP contribution in [0.5, 0.6) is 0 Å². The molecule has 6 nitrogen and oxygen atoms in total. The lowest BCUT2D eigenvalue weighted by Crippen LogP contribution is -2.12. The number of nitrogens with one attached hydrogen (secondary N) is 1. The number of benzene rings is 1. The van der Waals surface area contributed by atoms with Gasteiger partial charge in [0.05, 0.1) is 5.69 Å².